The van der Waals surface area contributed by atoms with Crippen molar-refractivity contribution in [3.05, 3.63) is 105 Å². The highest BCUT2D eigenvalue weighted by Gasteiger charge is 2.23. The Morgan fingerprint density at radius 3 is 2.42 bits per heavy atom. The summed E-state index contributed by atoms with van der Waals surface area (Å²) in [5, 5.41) is 1.80. The molecule has 2 amide bonds. The third-order valence-corrected chi connectivity index (χ3v) is 7.26. The van der Waals surface area contributed by atoms with E-state index < -0.39 is 0 Å². The molecular formula is C30H31Cl2N3O3. The topological polar surface area (TPSA) is 65.6 Å². The monoisotopic (exact) mass is 551 g/mol. The molecule has 0 aliphatic carbocycles. The molecule has 0 aliphatic rings. The number of ether oxygens (including phenoxy) is 1. The van der Waals surface area contributed by atoms with E-state index in [-0.39, 0.29) is 29.9 Å². The number of hydrogen-bond donors (Lipinski definition) is 1. The molecule has 0 saturated heterocycles. The summed E-state index contributed by atoms with van der Waals surface area (Å²) in [6.45, 7) is 3.47. The van der Waals surface area contributed by atoms with Crippen molar-refractivity contribution >= 4 is 45.9 Å². The van der Waals surface area contributed by atoms with Gasteiger partial charge in [0, 0.05) is 49.4 Å². The van der Waals surface area contributed by atoms with Gasteiger partial charge in [-0.25, -0.2) is 0 Å². The van der Waals surface area contributed by atoms with Crippen LogP contribution < -0.4 is 0 Å². The molecule has 8 heteroatoms. The number of aryl methyl sites for hydroxylation is 1. The lowest BCUT2D eigenvalue weighted by molar-refractivity contribution is -0.132. The van der Waals surface area contributed by atoms with Gasteiger partial charge in [0.05, 0.1) is 16.7 Å². The van der Waals surface area contributed by atoms with E-state index in [1.807, 2.05) is 60.5 Å². The van der Waals surface area contributed by atoms with Crippen LogP contribution in [0.3, 0.4) is 0 Å². The molecular weight excluding hydrogens is 521 g/mol. The molecule has 0 spiro atoms. The fourth-order valence-electron chi connectivity index (χ4n) is 4.33. The summed E-state index contributed by atoms with van der Waals surface area (Å²) in [5.74, 6) is -0.448. The van der Waals surface area contributed by atoms with Gasteiger partial charge < -0.3 is 19.5 Å². The van der Waals surface area contributed by atoms with Gasteiger partial charge in [0.25, 0.3) is 5.91 Å². The molecule has 0 atom stereocenters. The van der Waals surface area contributed by atoms with Crippen LogP contribution in [0.2, 0.25) is 10.0 Å². The van der Waals surface area contributed by atoms with E-state index in [4.69, 9.17) is 27.9 Å². The highest BCUT2D eigenvalue weighted by atomic mass is 35.5. The van der Waals surface area contributed by atoms with Crippen LogP contribution in [0.4, 0.5) is 0 Å². The Balaban J connectivity index is 1.55. The minimum Gasteiger partial charge on any atom is -0.383 e. The first-order valence-electron chi connectivity index (χ1n) is 12.5. The van der Waals surface area contributed by atoms with Crippen LogP contribution in [0.5, 0.6) is 0 Å². The van der Waals surface area contributed by atoms with Gasteiger partial charge in [0.15, 0.2) is 0 Å². The molecule has 0 aliphatic heterocycles. The van der Waals surface area contributed by atoms with Gasteiger partial charge >= 0.3 is 0 Å². The van der Waals surface area contributed by atoms with Gasteiger partial charge in [-0.3, -0.25) is 9.59 Å². The number of para-hydroxylation sites is 1. The average molecular weight is 553 g/mol. The zero-order chi connectivity index (χ0) is 27.1. The molecule has 1 N–H and O–H groups in total. The molecule has 4 rings (SSSR count). The largest absolute Gasteiger partial charge is 0.383 e. The minimum absolute atomic E-state index is 0.0812. The van der Waals surface area contributed by atoms with Gasteiger partial charge in [-0.2, -0.15) is 0 Å². The first kappa shape index (κ1) is 27.7. The normalized spacial score (nSPS) is 11.1. The Hall–Kier alpha value is -3.32. The maximum atomic E-state index is 13.7. The van der Waals surface area contributed by atoms with Crippen molar-refractivity contribution in [2.45, 2.75) is 19.9 Å². The van der Waals surface area contributed by atoms with E-state index in [1.165, 1.54) is 11.0 Å². The lowest BCUT2D eigenvalue weighted by Gasteiger charge is -2.28. The number of aromatic amines is 1. The Morgan fingerprint density at radius 1 is 0.921 bits per heavy atom. The van der Waals surface area contributed by atoms with E-state index in [2.05, 4.69) is 11.1 Å². The van der Waals surface area contributed by atoms with E-state index in [1.54, 1.807) is 19.2 Å². The van der Waals surface area contributed by atoms with Gasteiger partial charge in [-0.15, -0.1) is 0 Å². The maximum absolute atomic E-state index is 13.7. The fourth-order valence-corrected chi connectivity index (χ4v) is 4.63. The Bertz CT molecular complexity index is 1400. The number of rotatable bonds is 11. The summed E-state index contributed by atoms with van der Waals surface area (Å²) in [6.07, 6.45) is 2.68. The van der Waals surface area contributed by atoms with E-state index in [9.17, 15) is 9.59 Å². The quantitative estimate of drug-likeness (QED) is 0.243. The summed E-state index contributed by atoms with van der Waals surface area (Å²) in [7, 11) is 1.56. The molecule has 0 bridgehead atoms. The summed E-state index contributed by atoms with van der Waals surface area (Å²) < 4.78 is 5.22. The third kappa shape index (κ3) is 6.95. The number of H-pyrrole nitrogens is 1. The predicted molar refractivity (Wildman–Crippen MR) is 153 cm³/mol. The number of nitrogens with one attached hydrogen (secondary N) is 1. The number of benzene rings is 3. The number of carbonyl (C=O) groups excluding carboxylic acids is 2. The zero-order valence-corrected chi connectivity index (χ0v) is 23.1. The molecule has 198 valence electrons. The second kappa shape index (κ2) is 13.0. The number of halogens is 2. The van der Waals surface area contributed by atoms with Crippen LogP contribution in [0, 0.1) is 6.92 Å². The van der Waals surface area contributed by atoms with Gasteiger partial charge in [0.2, 0.25) is 5.91 Å². The smallest absolute Gasteiger partial charge is 0.254 e. The maximum Gasteiger partial charge on any atom is 0.254 e. The number of amides is 2. The molecule has 0 saturated carbocycles. The SMILES string of the molecule is COCCN(CC(=O)N(CCc1c[nH]c2ccccc12)Cc1ccc(C)cc1)C(=O)c1ccc(Cl)c(Cl)c1. The van der Waals surface area contributed by atoms with Crippen LogP contribution in [0.15, 0.2) is 72.9 Å². The summed E-state index contributed by atoms with van der Waals surface area (Å²) in [6, 6.07) is 21.0. The average Bonchev–Trinajstić information content (AvgIpc) is 3.34. The molecule has 0 radical (unpaired) electrons. The van der Waals surface area contributed by atoms with Crippen molar-refractivity contribution in [2.75, 3.05) is 33.4 Å². The second-order valence-corrected chi connectivity index (χ2v) is 10.1. The number of methoxy groups -OCH3 is 1. The number of hydrogen-bond acceptors (Lipinski definition) is 3. The van der Waals surface area contributed by atoms with E-state index in [0.717, 1.165) is 27.6 Å². The third-order valence-electron chi connectivity index (χ3n) is 6.52. The Kier molecular flexibility index (Phi) is 9.45. The summed E-state index contributed by atoms with van der Waals surface area (Å²) >= 11 is 12.2. The molecule has 0 fully saturated rings. The van der Waals surface area contributed by atoms with E-state index in [0.29, 0.717) is 36.7 Å². The molecule has 3 aromatic carbocycles. The van der Waals surface area contributed by atoms with Crippen molar-refractivity contribution in [3.63, 3.8) is 0 Å². The van der Waals surface area contributed by atoms with Crippen molar-refractivity contribution in [1.82, 2.24) is 14.8 Å². The minimum atomic E-state index is -0.305. The predicted octanol–water partition coefficient (Wildman–Crippen LogP) is 6.14. The molecule has 4 aromatic rings. The first-order valence-corrected chi connectivity index (χ1v) is 13.2. The molecule has 6 nitrogen and oxygen atoms in total. The van der Waals surface area contributed by atoms with E-state index >= 15 is 0 Å². The number of aromatic nitrogens is 1. The van der Waals surface area contributed by atoms with Crippen molar-refractivity contribution in [2.24, 2.45) is 0 Å². The van der Waals surface area contributed by atoms with Crippen molar-refractivity contribution in [3.8, 4) is 0 Å². The second-order valence-electron chi connectivity index (χ2n) is 9.26. The van der Waals surface area contributed by atoms with Crippen LogP contribution in [0.1, 0.15) is 27.0 Å². The number of nitrogens with zero attached hydrogens (tertiary/aromatic N) is 2. The highest BCUT2D eigenvalue weighted by Crippen LogP contribution is 2.24. The molecule has 1 heterocycles. The molecule has 0 unspecified atom stereocenters. The van der Waals surface area contributed by atoms with Crippen LogP contribution in [-0.2, 0) is 22.5 Å². The standard InChI is InChI=1S/C30H31Cl2N3O3/c1-21-7-9-22(10-8-21)19-34(14-13-24-18-33-28-6-4-3-5-25(24)28)29(36)20-35(15-16-38-2)30(37)23-11-12-26(31)27(32)17-23/h3-12,17-18,33H,13-16,19-20H2,1-2H3. The zero-order valence-electron chi connectivity index (χ0n) is 21.5. The lowest BCUT2D eigenvalue weighted by atomic mass is 10.1. The van der Waals surface area contributed by atoms with Crippen LogP contribution in [0.25, 0.3) is 10.9 Å². The van der Waals surface area contributed by atoms with Gasteiger partial charge in [0.1, 0.15) is 6.54 Å². The number of fused-ring (bicyclic) bond motifs is 1. The summed E-state index contributed by atoms with van der Waals surface area (Å²) in [4.78, 5) is 33.7. The van der Waals surface area contributed by atoms with Gasteiger partial charge in [-0.1, -0.05) is 71.2 Å². The molecule has 1 aromatic heterocycles. The van der Waals surface area contributed by atoms with Crippen LogP contribution in [-0.4, -0.2) is 59.9 Å². The first-order chi connectivity index (χ1) is 18.4. The van der Waals surface area contributed by atoms with Crippen LogP contribution >= 0.6 is 23.2 Å². The molecule has 38 heavy (non-hydrogen) atoms. The summed E-state index contributed by atoms with van der Waals surface area (Å²) in [5.41, 5.74) is 4.76. The number of carbonyl (C=O) groups is 2. The Labute approximate surface area is 233 Å². The highest BCUT2D eigenvalue weighted by molar-refractivity contribution is 6.42. The van der Waals surface area contributed by atoms with Gasteiger partial charge in [-0.05, 0) is 48.7 Å². The van der Waals surface area contributed by atoms with Crippen molar-refractivity contribution in [1.29, 1.82) is 0 Å². The lowest BCUT2D eigenvalue weighted by Crippen LogP contribution is -2.44. The van der Waals surface area contributed by atoms with Crippen molar-refractivity contribution < 1.29 is 14.3 Å². The Morgan fingerprint density at radius 2 is 1.68 bits per heavy atom. The fraction of sp³-hybridized carbons (Fsp3) is 0.267.